The number of aromatic amines is 1. The molecule has 0 saturated heterocycles. The highest BCUT2D eigenvalue weighted by Gasteiger charge is 2.13. The third-order valence-electron chi connectivity index (χ3n) is 5.21. The summed E-state index contributed by atoms with van der Waals surface area (Å²) < 4.78 is 30.0. The summed E-state index contributed by atoms with van der Waals surface area (Å²) in [4.78, 5) is 4.12. The van der Waals surface area contributed by atoms with Gasteiger partial charge in [-0.3, -0.25) is 0 Å². The molecule has 1 aromatic carbocycles. The number of allylic oxidation sites excluding steroid dienone is 1. The Kier molecular flexibility index (Phi) is 11.3. The van der Waals surface area contributed by atoms with Crippen molar-refractivity contribution in [3.8, 4) is 16.2 Å². The lowest BCUT2D eigenvalue weighted by atomic mass is 10.1. The van der Waals surface area contributed by atoms with Gasteiger partial charge in [-0.1, -0.05) is 31.7 Å². The second-order valence-electron chi connectivity index (χ2n) is 7.87. The number of hydrogen-bond acceptors (Lipinski definition) is 4. The van der Waals surface area contributed by atoms with Crippen LogP contribution in [0.1, 0.15) is 37.1 Å². The van der Waals surface area contributed by atoms with E-state index in [1.54, 1.807) is 18.3 Å². The molecule has 0 amide bonds. The molecule has 0 saturated carbocycles. The summed E-state index contributed by atoms with van der Waals surface area (Å²) in [5.41, 5.74) is 3.76. The molecule has 4 nitrogen and oxygen atoms in total. The maximum Gasteiger partial charge on any atom is 0.129 e. The van der Waals surface area contributed by atoms with Crippen molar-refractivity contribution >= 4 is 11.3 Å². The Morgan fingerprint density at radius 3 is 2.61 bits per heavy atom. The predicted molar refractivity (Wildman–Crippen MR) is 133 cm³/mol. The number of alkyl halides is 1. The van der Waals surface area contributed by atoms with Crippen LogP contribution >= 0.6 is 11.3 Å². The summed E-state index contributed by atoms with van der Waals surface area (Å²) in [7, 11) is 0. The summed E-state index contributed by atoms with van der Waals surface area (Å²) in [5, 5.41) is 15.7. The Morgan fingerprint density at radius 2 is 2.00 bits per heavy atom. The molecule has 3 rings (SSSR count). The van der Waals surface area contributed by atoms with Gasteiger partial charge >= 0.3 is 0 Å². The monoisotopic (exact) mass is 476 g/mol. The number of ether oxygens (including phenoxy) is 1. The van der Waals surface area contributed by atoms with Crippen LogP contribution in [0.4, 0.5) is 8.78 Å². The van der Waals surface area contributed by atoms with Gasteiger partial charge in [0.15, 0.2) is 0 Å². The summed E-state index contributed by atoms with van der Waals surface area (Å²) in [6.07, 6.45) is 2.47. The molecule has 180 valence electrons. The predicted octanol–water partition coefficient (Wildman–Crippen LogP) is 6.36. The van der Waals surface area contributed by atoms with E-state index in [1.165, 1.54) is 0 Å². The van der Waals surface area contributed by atoms with Crippen LogP contribution < -0.4 is 10.1 Å². The topological polar surface area (TPSA) is 57.3 Å². The Bertz CT molecular complexity index is 973. The highest BCUT2D eigenvalue weighted by atomic mass is 32.1. The fourth-order valence-corrected chi connectivity index (χ4v) is 3.90. The lowest BCUT2D eigenvalue weighted by Gasteiger charge is -2.18. The van der Waals surface area contributed by atoms with Crippen molar-refractivity contribution in [3.05, 3.63) is 77.2 Å². The highest BCUT2D eigenvalue weighted by Crippen LogP contribution is 2.32. The molecule has 0 spiro atoms. The number of aliphatic hydroxyl groups excluding tert-OH is 1. The second-order valence-corrected chi connectivity index (χ2v) is 8.82. The normalized spacial score (nSPS) is 12.5. The molecule has 3 N–H and O–H groups in total. The van der Waals surface area contributed by atoms with Gasteiger partial charge < -0.3 is 20.1 Å². The Labute approximate surface area is 199 Å². The fourth-order valence-electron chi connectivity index (χ4n) is 3.15. The summed E-state index contributed by atoms with van der Waals surface area (Å²) in [6, 6.07) is 12.1. The van der Waals surface area contributed by atoms with Crippen molar-refractivity contribution in [2.75, 3.05) is 13.2 Å². The molecule has 2 aromatic heterocycles. The smallest absolute Gasteiger partial charge is 0.129 e. The first-order valence-corrected chi connectivity index (χ1v) is 12.0. The van der Waals surface area contributed by atoms with Crippen molar-refractivity contribution in [2.24, 2.45) is 0 Å². The van der Waals surface area contributed by atoms with Gasteiger partial charge in [0.1, 0.15) is 25.1 Å². The van der Waals surface area contributed by atoms with E-state index in [0.29, 0.717) is 18.7 Å². The van der Waals surface area contributed by atoms with Gasteiger partial charge in [-0.15, -0.1) is 11.3 Å². The zero-order chi connectivity index (χ0) is 24.2. The quantitative estimate of drug-likeness (QED) is 0.302. The SMILES string of the molecule is C=C(F)CC.Cc1c(C[C@H](C)NCC(O)COc2ccccc2-c2cccs2)c[nH]c1CF. The molecule has 0 aliphatic heterocycles. The van der Waals surface area contributed by atoms with Gasteiger partial charge in [0.05, 0.1) is 5.83 Å². The molecule has 1 unspecified atom stereocenters. The van der Waals surface area contributed by atoms with E-state index >= 15 is 0 Å². The van der Waals surface area contributed by atoms with E-state index in [9.17, 15) is 13.9 Å². The molecule has 7 heteroatoms. The molecule has 2 heterocycles. The molecular formula is C26H34F2N2O2S. The van der Waals surface area contributed by atoms with Crippen LogP contribution in [0.2, 0.25) is 0 Å². The van der Waals surface area contributed by atoms with Gasteiger partial charge in [-0.2, -0.15) is 0 Å². The average Bonchev–Trinajstić information content (AvgIpc) is 3.47. The molecular weight excluding hydrogens is 442 g/mol. The van der Waals surface area contributed by atoms with Crippen LogP contribution in [0, 0.1) is 6.92 Å². The third-order valence-corrected chi connectivity index (χ3v) is 6.11. The summed E-state index contributed by atoms with van der Waals surface area (Å²) in [6.45, 7) is 8.90. The van der Waals surface area contributed by atoms with Crippen LogP contribution in [0.3, 0.4) is 0 Å². The standard InChI is InChI=1S/C22H27FN2O2S.C4H7F/c1-15(10-17-12-25-20(11-23)16(17)2)24-13-18(26)14-27-21-7-4-3-6-19(21)22-8-5-9-28-22;1-3-4(2)5/h3-9,12,15,18,24-26H,10-11,13-14H2,1-2H3;2-3H2,1H3/t15-,18?;/m0./s1. The van der Waals surface area contributed by atoms with E-state index in [0.717, 1.165) is 33.7 Å². The molecule has 0 aliphatic carbocycles. The van der Waals surface area contributed by atoms with Crippen molar-refractivity contribution in [2.45, 2.75) is 52.4 Å². The van der Waals surface area contributed by atoms with Crippen LogP contribution in [-0.4, -0.2) is 35.4 Å². The van der Waals surface area contributed by atoms with Crippen LogP contribution in [0.5, 0.6) is 5.75 Å². The number of thiophene rings is 1. The number of para-hydroxylation sites is 1. The van der Waals surface area contributed by atoms with Crippen molar-refractivity contribution < 1.29 is 18.6 Å². The van der Waals surface area contributed by atoms with Gasteiger partial charge in [0.25, 0.3) is 0 Å². The Hall–Kier alpha value is -2.48. The largest absolute Gasteiger partial charge is 0.490 e. The first kappa shape index (κ1) is 26.8. The number of halogens is 2. The Morgan fingerprint density at radius 1 is 1.27 bits per heavy atom. The third kappa shape index (κ3) is 8.76. The van der Waals surface area contributed by atoms with Crippen LogP contribution in [-0.2, 0) is 13.1 Å². The lowest BCUT2D eigenvalue weighted by molar-refractivity contribution is 0.104. The number of hydrogen-bond donors (Lipinski definition) is 3. The number of H-pyrrole nitrogens is 1. The van der Waals surface area contributed by atoms with Crippen molar-refractivity contribution in [3.63, 3.8) is 0 Å². The maximum atomic E-state index is 12.8. The van der Waals surface area contributed by atoms with Crippen LogP contribution in [0.15, 0.2) is 60.4 Å². The fraction of sp³-hybridized carbons (Fsp3) is 0.385. The lowest BCUT2D eigenvalue weighted by Crippen LogP contribution is -2.37. The first-order chi connectivity index (χ1) is 15.8. The molecule has 0 radical (unpaired) electrons. The first-order valence-electron chi connectivity index (χ1n) is 11.1. The zero-order valence-corrected chi connectivity index (χ0v) is 20.4. The van der Waals surface area contributed by atoms with Gasteiger partial charge in [0, 0.05) is 34.9 Å². The van der Waals surface area contributed by atoms with Gasteiger partial charge in [-0.25, -0.2) is 8.78 Å². The molecule has 3 aromatic rings. The van der Waals surface area contributed by atoms with Gasteiger partial charge in [0.2, 0.25) is 0 Å². The average molecular weight is 477 g/mol. The molecule has 2 atom stereocenters. The minimum atomic E-state index is -0.618. The number of nitrogens with one attached hydrogen (secondary N) is 2. The molecule has 0 fully saturated rings. The van der Waals surface area contributed by atoms with Crippen molar-refractivity contribution in [1.29, 1.82) is 0 Å². The molecule has 33 heavy (non-hydrogen) atoms. The van der Waals surface area contributed by atoms with Crippen molar-refractivity contribution in [1.82, 2.24) is 10.3 Å². The minimum absolute atomic E-state index is 0.162. The van der Waals surface area contributed by atoms with E-state index in [2.05, 4.69) is 29.9 Å². The highest BCUT2D eigenvalue weighted by molar-refractivity contribution is 7.13. The van der Waals surface area contributed by atoms with E-state index in [4.69, 9.17) is 4.74 Å². The molecule has 0 aliphatic rings. The van der Waals surface area contributed by atoms with Gasteiger partial charge in [-0.05, 0) is 61.4 Å². The number of benzene rings is 1. The second kappa shape index (κ2) is 13.9. The summed E-state index contributed by atoms with van der Waals surface area (Å²) in [5.74, 6) is 0.531. The summed E-state index contributed by atoms with van der Waals surface area (Å²) >= 11 is 1.66. The minimum Gasteiger partial charge on any atom is -0.490 e. The van der Waals surface area contributed by atoms with Crippen LogP contribution in [0.25, 0.3) is 10.4 Å². The van der Waals surface area contributed by atoms with E-state index < -0.39 is 12.8 Å². The van der Waals surface area contributed by atoms with E-state index in [-0.39, 0.29) is 18.5 Å². The number of aromatic nitrogens is 1. The maximum absolute atomic E-state index is 12.8. The number of rotatable bonds is 11. The number of aliphatic hydroxyl groups is 1. The zero-order valence-electron chi connectivity index (χ0n) is 19.5. The molecule has 0 bridgehead atoms. The van der Waals surface area contributed by atoms with E-state index in [1.807, 2.05) is 48.8 Å². The Balaban J connectivity index is 0.000000696.